The normalized spacial score (nSPS) is 24.0. The summed E-state index contributed by atoms with van der Waals surface area (Å²) in [5, 5.41) is 3.37. The standard InChI is InChI=1S/C10H21NO/c1-9(2,3)10(12-4)5-7-11-8-6-10/h11H,5-8H2,1-4H3. The second-order valence-corrected chi connectivity index (χ2v) is 4.70. The molecule has 0 radical (unpaired) electrons. The van der Waals surface area contributed by atoms with Crippen LogP contribution in [0.4, 0.5) is 0 Å². The molecule has 1 fully saturated rings. The van der Waals surface area contributed by atoms with E-state index in [-0.39, 0.29) is 11.0 Å². The average Bonchev–Trinajstić information content (AvgIpc) is 2.04. The van der Waals surface area contributed by atoms with Gasteiger partial charge in [0.15, 0.2) is 0 Å². The molecule has 0 aromatic heterocycles. The topological polar surface area (TPSA) is 21.3 Å². The van der Waals surface area contributed by atoms with Crippen LogP contribution >= 0.6 is 0 Å². The molecule has 1 aliphatic rings. The molecule has 1 aliphatic heterocycles. The Labute approximate surface area is 75.7 Å². The van der Waals surface area contributed by atoms with Gasteiger partial charge in [0.05, 0.1) is 5.60 Å². The van der Waals surface area contributed by atoms with Gasteiger partial charge in [-0.25, -0.2) is 0 Å². The first-order chi connectivity index (χ1) is 5.52. The Morgan fingerprint density at radius 3 is 1.92 bits per heavy atom. The van der Waals surface area contributed by atoms with Gasteiger partial charge in [-0.1, -0.05) is 20.8 Å². The Balaban J connectivity index is 2.73. The molecule has 1 rings (SSSR count). The highest BCUT2D eigenvalue weighted by molar-refractivity contribution is 4.95. The monoisotopic (exact) mass is 171 g/mol. The quantitative estimate of drug-likeness (QED) is 0.649. The van der Waals surface area contributed by atoms with E-state index in [2.05, 4.69) is 26.1 Å². The fourth-order valence-electron chi connectivity index (χ4n) is 2.09. The molecule has 0 saturated carbocycles. The van der Waals surface area contributed by atoms with Crippen molar-refractivity contribution in [1.29, 1.82) is 0 Å². The first-order valence-corrected chi connectivity index (χ1v) is 4.78. The summed E-state index contributed by atoms with van der Waals surface area (Å²) in [6.45, 7) is 8.97. The van der Waals surface area contributed by atoms with Crippen molar-refractivity contribution in [3.8, 4) is 0 Å². The largest absolute Gasteiger partial charge is 0.378 e. The molecule has 2 heteroatoms. The molecule has 0 atom stereocenters. The van der Waals surface area contributed by atoms with Crippen molar-refractivity contribution in [1.82, 2.24) is 5.32 Å². The maximum Gasteiger partial charge on any atom is 0.0750 e. The number of hydrogen-bond acceptors (Lipinski definition) is 2. The molecule has 12 heavy (non-hydrogen) atoms. The Morgan fingerprint density at radius 1 is 1.17 bits per heavy atom. The number of piperidine rings is 1. The van der Waals surface area contributed by atoms with Gasteiger partial charge < -0.3 is 10.1 Å². The first kappa shape index (κ1) is 10.0. The minimum absolute atomic E-state index is 0.0955. The van der Waals surface area contributed by atoms with Gasteiger partial charge in [0, 0.05) is 7.11 Å². The van der Waals surface area contributed by atoms with E-state index in [1.54, 1.807) is 0 Å². The highest BCUT2D eigenvalue weighted by atomic mass is 16.5. The number of hydrogen-bond donors (Lipinski definition) is 1. The minimum Gasteiger partial charge on any atom is -0.378 e. The van der Waals surface area contributed by atoms with Gasteiger partial charge in [0.1, 0.15) is 0 Å². The van der Waals surface area contributed by atoms with E-state index in [0.717, 1.165) is 25.9 Å². The summed E-state index contributed by atoms with van der Waals surface area (Å²) < 4.78 is 5.70. The van der Waals surface area contributed by atoms with Crippen LogP contribution in [0.2, 0.25) is 0 Å². The van der Waals surface area contributed by atoms with Gasteiger partial charge in [0.25, 0.3) is 0 Å². The lowest BCUT2D eigenvalue weighted by Gasteiger charge is -2.46. The summed E-state index contributed by atoms with van der Waals surface area (Å²) in [5.41, 5.74) is 0.349. The minimum atomic E-state index is 0.0955. The third-order valence-corrected chi connectivity index (χ3v) is 3.17. The van der Waals surface area contributed by atoms with Gasteiger partial charge in [-0.3, -0.25) is 0 Å². The van der Waals surface area contributed by atoms with Gasteiger partial charge in [0.2, 0.25) is 0 Å². The smallest absolute Gasteiger partial charge is 0.0750 e. The van der Waals surface area contributed by atoms with Crippen LogP contribution in [-0.2, 0) is 4.74 Å². The lowest BCUT2D eigenvalue weighted by atomic mass is 9.71. The van der Waals surface area contributed by atoms with Gasteiger partial charge >= 0.3 is 0 Å². The maximum atomic E-state index is 5.70. The Hall–Kier alpha value is -0.0800. The van der Waals surface area contributed by atoms with Crippen LogP contribution in [-0.4, -0.2) is 25.8 Å². The highest BCUT2D eigenvalue weighted by Crippen LogP contribution is 2.39. The number of nitrogens with one attached hydrogen (secondary N) is 1. The fraction of sp³-hybridized carbons (Fsp3) is 1.00. The molecule has 2 nitrogen and oxygen atoms in total. The molecule has 0 aliphatic carbocycles. The molecule has 1 heterocycles. The zero-order valence-electron chi connectivity index (χ0n) is 8.74. The third kappa shape index (κ3) is 1.64. The van der Waals surface area contributed by atoms with Crippen molar-refractivity contribution in [2.75, 3.05) is 20.2 Å². The average molecular weight is 171 g/mol. The molecule has 0 amide bonds. The summed E-state index contributed by atoms with van der Waals surface area (Å²) in [6, 6.07) is 0. The van der Waals surface area contributed by atoms with Gasteiger partial charge in [-0.05, 0) is 31.3 Å². The summed E-state index contributed by atoms with van der Waals surface area (Å²) in [5.74, 6) is 0. The molecule has 0 bridgehead atoms. The molecule has 0 aromatic rings. The summed E-state index contributed by atoms with van der Waals surface area (Å²) in [4.78, 5) is 0. The molecule has 0 aromatic carbocycles. The van der Waals surface area contributed by atoms with Crippen molar-refractivity contribution in [2.24, 2.45) is 5.41 Å². The molecule has 1 saturated heterocycles. The number of methoxy groups -OCH3 is 1. The van der Waals surface area contributed by atoms with Crippen LogP contribution in [0.15, 0.2) is 0 Å². The van der Waals surface area contributed by atoms with Crippen LogP contribution < -0.4 is 5.32 Å². The van der Waals surface area contributed by atoms with E-state index < -0.39 is 0 Å². The van der Waals surface area contributed by atoms with Crippen LogP contribution in [0, 0.1) is 5.41 Å². The number of ether oxygens (including phenoxy) is 1. The van der Waals surface area contributed by atoms with Crippen LogP contribution in [0.5, 0.6) is 0 Å². The Morgan fingerprint density at radius 2 is 1.67 bits per heavy atom. The van der Waals surface area contributed by atoms with Crippen LogP contribution in [0.3, 0.4) is 0 Å². The van der Waals surface area contributed by atoms with Crippen molar-refractivity contribution in [3.63, 3.8) is 0 Å². The first-order valence-electron chi connectivity index (χ1n) is 4.78. The Bertz CT molecular complexity index is 142. The van der Waals surface area contributed by atoms with E-state index in [0.29, 0.717) is 0 Å². The van der Waals surface area contributed by atoms with E-state index in [4.69, 9.17) is 4.74 Å². The lowest BCUT2D eigenvalue weighted by molar-refractivity contribution is -0.110. The number of rotatable bonds is 1. The zero-order chi connectivity index (χ0) is 9.24. The molecule has 72 valence electrons. The van der Waals surface area contributed by atoms with Gasteiger partial charge in [-0.15, -0.1) is 0 Å². The van der Waals surface area contributed by atoms with E-state index >= 15 is 0 Å². The molecular weight excluding hydrogens is 150 g/mol. The molecule has 0 unspecified atom stereocenters. The predicted molar refractivity (Wildman–Crippen MR) is 51.3 cm³/mol. The SMILES string of the molecule is COC1(C(C)(C)C)CCNCC1. The van der Waals surface area contributed by atoms with Crippen LogP contribution in [0.1, 0.15) is 33.6 Å². The summed E-state index contributed by atoms with van der Waals surface area (Å²) in [6.07, 6.45) is 2.26. The van der Waals surface area contributed by atoms with Crippen molar-refractivity contribution >= 4 is 0 Å². The third-order valence-electron chi connectivity index (χ3n) is 3.17. The second-order valence-electron chi connectivity index (χ2n) is 4.70. The lowest BCUT2D eigenvalue weighted by Crippen LogP contribution is -2.51. The van der Waals surface area contributed by atoms with Crippen molar-refractivity contribution in [3.05, 3.63) is 0 Å². The molecule has 0 spiro atoms. The molecular formula is C10H21NO. The van der Waals surface area contributed by atoms with E-state index in [9.17, 15) is 0 Å². The van der Waals surface area contributed by atoms with Crippen LogP contribution in [0.25, 0.3) is 0 Å². The zero-order valence-corrected chi connectivity index (χ0v) is 8.74. The van der Waals surface area contributed by atoms with Gasteiger partial charge in [-0.2, -0.15) is 0 Å². The fourth-order valence-corrected chi connectivity index (χ4v) is 2.09. The highest BCUT2D eigenvalue weighted by Gasteiger charge is 2.42. The Kier molecular flexibility index (Phi) is 2.79. The van der Waals surface area contributed by atoms with E-state index in [1.165, 1.54) is 0 Å². The van der Waals surface area contributed by atoms with Crippen molar-refractivity contribution in [2.45, 2.75) is 39.2 Å². The molecule has 1 N–H and O–H groups in total. The second kappa shape index (κ2) is 3.35. The summed E-state index contributed by atoms with van der Waals surface area (Å²) in [7, 11) is 1.84. The van der Waals surface area contributed by atoms with Crippen molar-refractivity contribution < 1.29 is 4.74 Å². The maximum absolute atomic E-state index is 5.70. The predicted octanol–water partition coefficient (Wildman–Crippen LogP) is 1.80. The summed E-state index contributed by atoms with van der Waals surface area (Å²) >= 11 is 0. The van der Waals surface area contributed by atoms with E-state index in [1.807, 2.05) is 7.11 Å².